The van der Waals surface area contributed by atoms with E-state index < -0.39 is 5.60 Å². The summed E-state index contributed by atoms with van der Waals surface area (Å²) >= 11 is 0. The first-order valence-electron chi connectivity index (χ1n) is 9.29. The smallest absolute Gasteiger partial charge is 0.123 e. The summed E-state index contributed by atoms with van der Waals surface area (Å²) in [5, 5.41) is 11.3. The number of hydrogen-bond donors (Lipinski definition) is 1. The second-order valence-corrected chi connectivity index (χ2v) is 7.92. The number of hydrogen-bond acceptors (Lipinski definition) is 2. The topological polar surface area (TPSA) is 23.5 Å². The Kier molecular flexibility index (Phi) is 4.38. The first kappa shape index (κ1) is 16.7. The van der Waals surface area contributed by atoms with E-state index in [1.807, 2.05) is 19.1 Å². The van der Waals surface area contributed by atoms with Crippen LogP contribution in [0.3, 0.4) is 0 Å². The molecule has 2 nitrogen and oxygen atoms in total. The average Bonchev–Trinajstić information content (AvgIpc) is 2.83. The van der Waals surface area contributed by atoms with Gasteiger partial charge in [-0.15, -0.1) is 0 Å². The predicted molar refractivity (Wildman–Crippen MR) is 97.8 cm³/mol. The van der Waals surface area contributed by atoms with Gasteiger partial charge >= 0.3 is 0 Å². The van der Waals surface area contributed by atoms with E-state index >= 15 is 0 Å². The van der Waals surface area contributed by atoms with E-state index in [0.29, 0.717) is 18.5 Å². The van der Waals surface area contributed by atoms with Gasteiger partial charge in [-0.05, 0) is 61.4 Å². The molecule has 2 aliphatic heterocycles. The van der Waals surface area contributed by atoms with Gasteiger partial charge in [0.05, 0.1) is 5.60 Å². The first-order chi connectivity index (χ1) is 12.0. The minimum Gasteiger partial charge on any atom is -0.389 e. The van der Waals surface area contributed by atoms with Crippen molar-refractivity contribution in [3.63, 3.8) is 0 Å². The van der Waals surface area contributed by atoms with Gasteiger partial charge in [0.15, 0.2) is 0 Å². The molecule has 0 amide bonds. The van der Waals surface area contributed by atoms with E-state index in [0.717, 1.165) is 43.4 Å². The van der Waals surface area contributed by atoms with Gasteiger partial charge in [0.2, 0.25) is 0 Å². The summed E-state index contributed by atoms with van der Waals surface area (Å²) in [5.74, 6) is -0.214. The van der Waals surface area contributed by atoms with Gasteiger partial charge < -0.3 is 5.11 Å². The van der Waals surface area contributed by atoms with Crippen molar-refractivity contribution in [1.29, 1.82) is 0 Å². The Labute approximate surface area is 149 Å². The van der Waals surface area contributed by atoms with Crippen molar-refractivity contribution in [3.8, 4) is 0 Å². The summed E-state index contributed by atoms with van der Waals surface area (Å²) in [5.41, 5.74) is 2.63. The molecule has 2 bridgehead atoms. The fourth-order valence-electron chi connectivity index (χ4n) is 4.80. The lowest BCUT2D eigenvalue weighted by Gasteiger charge is -2.44. The number of aliphatic hydroxyl groups is 1. The molecule has 2 unspecified atom stereocenters. The van der Waals surface area contributed by atoms with Gasteiger partial charge in [0.25, 0.3) is 0 Å². The Balaban J connectivity index is 1.49. The van der Waals surface area contributed by atoms with Gasteiger partial charge in [-0.1, -0.05) is 36.4 Å². The lowest BCUT2D eigenvalue weighted by Crippen LogP contribution is -2.51. The Hall–Kier alpha value is -1.71. The van der Waals surface area contributed by atoms with E-state index in [2.05, 4.69) is 29.2 Å². The molecular weight excluding hydrogens is 313 g/mol. The van der Waals surface area contributed by atoms with Crippen molar-refractivity contribution >= 4 is 0 Å². The fourth-order valence-corrected chi connectivity index (χ4v) is 4.80. The molecule has 0 radical (unpaired) electrons. The van der Waals surface area contributed by atoms with Crippen LogP contribution in [0.15, 0.2) is 48.5 Å². The summed E-state index contributed by atoms with van der Waals surface area (Å²) in [6.07, 6.45) is 4.44. The number of halogens is 1. The van der Waals surface area contributed by atoms with Gasteiger partial charge in [0, 0.05) is 25.0 Å². The maximum atomic E-state index is 13.6. The van der Waals surface area contributed by atoms with Gasteiger partial charge in [-0.2, -0.15) is 0 Å². The molecule has 132 valence electrons. The van der Waals surface area contributed by atoms with E-state index in [1.165, 1.54) is 11.6 Å². The van der Waals surface area contributed by atoms with Crippen LogP contribution >= 0.6 is 0 Å². The van der Waals surface area contributed by atoms with E-state index in [-0.39, 0.29) is 5.82 Å². The number of piperidine rings is 1. The molecular formula is C22H26FNO. The molecule has 0 spiro atoms. The molecule has 2 fully saturated rings. The summed E-state index contributed by atoms with van der Waals surface area (Å²) < 4.78 is 13.6. The fraction of sp³-hybridized carbons (Fsp3) is 0.455. The molecule has 2 aromatic carbocycles. The lowest BCUT2D eigenvalue weighted by atomic mass is 9.80. The highest BCUT2D eigenvalue weighted by Gasteiger charge is 2.47. The standard InChI is InChI=1S/C22H26FNO/c1-16-7-8-19(23)11-18(16)12-22(25)13-20-9-10-21(14-22)24(20)15-17-5-3-2-4-6-17/h2-8,11,20-21,25H,9-10,12-15H2,1H3. The van der Waals surface area contributed by atoms with E-state index in [9.17, 15) is 9.50 Å². The molecule has 25 heavy (non-hydrogen) atoms. The van der Waals surface area contributed by atoms with Crippen molar-refractivity contribution in [2.45, 2.75) is 63.3 Å². The minimum absolute atomic E-state index is 0.214. The molecule has 0 saturated carbocycles. The van der Waals surface area contributed by atoms with Crippen LogP contribution in [-0.2, 0) is 13.0 Å². The Morgan fingerprint density at radius 2 is 1.76 bits per heavy atom. The summed E-state index contributed by atoms with van der Waals surface area (Å²) in [6.45, 7) is 2.96. The van der Waals surface area contributed by atoms with Crippen LogP contribution in [0.1, 0.15) is 42.4 Å². The third-order valence-corrected chi connectivity index (χ3v) is 6.04. The quantitative estimate of drug-likeness (QED) is 0.901. The zero-order valence-corrected chi connectivity index (χ0v) is 14.8. The highest BCUT2D eigenvalue weighted by molar-refractivity contribution is 5.28. The number of nitrogens with zero attached hydrogens (tertiary/aromatic N) is 1. The zero-order chi connectivity index (χ0) is 17.4. The summed E-state index contributed by atoms with van der Waals surface area (Å²) in [4.78, 5) is 2.57. The lowest BCUT2D eigenvalue weighted by molar-refractivity contribution is -0.0541. The van der Waals surface area contributed by atoms with Gasteiger partial charge in [0.1, 0.15) is 5.82 Å². The molecule has 0 aliphatic carbocycles. The first-order valence-corrected chi connectivity index (χ1v) is 9.29. The Morgan fingerprint density at radius 1 is 1.08 bits per heavy atom. The molecule has 2 saturated heterocycles. The SMILES string of the molecule is Cc1ccc(F)cc1CC1(O)CC2CCC(C1)N2Cc1ccccc1. The highest BCUT2D eigenvalue weighted by Crippen LogP contribution is 2.43. The van der Waals surface area contributed by atoms with E-state index in [4.69, 9.17) is 0 Å². The number of rotatable bonds is 4. The molecule has 2 aromatic rings. The normalized spacial score (nSPS) is 29.1. The highest BCUT2D eigenvalue weighted by atomic mass is 19.1. The van der Waals surface area contributed by atoms with Crippen LogP contribution in [0.5, 0.6) is 0 Å². The van der Waals surface area contributed by atoms with E-state index in [1.54, 1.807) is 6.07 Å². The molecule has 3 heteroatoms. The van der Waals surface area contributed by atoms with Crippen molar-refractivity contribution < 1.29 is 9.50 Å². The molecule has 2 aliphatic rings. The van der Waals surface area contributed by atoms with Crippen molar-refractivity contribution in [2.75, 3.05) is 0 Å². The largest absolute Gasteiger partial charge is 0.389 e. The predicted octanol–water partition coefficient (Wildman–Crippen LogP) is 4.23. The van der Waals surface area contributed by atoms with Crippen molar-refractivity contribution in [2.24, 2.45) is 0 Å². The molecule has 1 N–H and O–H groups in total. The number of aryl methyl sites for hydroxylation is 1. The molecule has 2 heterocycles. The molecule has 4 rings (SSSR count). The monoisotopic (exact) mass is 339 g/mol. The Bertz CT molecular complexity index is 731. The zero-order valence-electron chi connectivity index (χ0n) is 14.8. The summed E-state index contributed by atoms with van der Waals surface area (Å²) in [7, 11) is 0. The number of fused-ring (bicyclic) bond motifs is 2. The molecule has 0 aromatic heterocycles. The van der Waals surface area contributed by atoms with Crippen molar-refractivity contribution in [3.05, 3.63) is 71.0 Å². The average molecular weight is 339 g/mol. The van der Waals surface area contributed by atoms with Crippen LogP contribution in [0.4, 0.5) is 4.39 Å². The Morgan fingerprint density at radius 3 is 2.44 bits per heavy atom. The minimum atomic E-state index is -0.711. The van der Waals surface area contributed by atoms with Gasteiger partial charge in [-0.3, -0.25) is 4.90 Å². The number of benzene rings is 2. The second-order valence-electron chi connectivity index (χ2n) is 7.92. The van der Waals surface area contributed by atoms with Crippen LogP contribution in [0, 0.1) is 12.7 Å². The van der Waals surface area contributed by atoms with Crippen LogP contribution < -0.4 is 0 Å². The second kappa shape index (κ2) is 6.54. The van der Waals surface area contributed by atoms with Crippen molar-refractivity contribution in [1.82, 2.24) is 4.90 Å². The third kappa shape index (κ3) is 3.49. The van der Waals surface area contributed by atoms with Crippen LogP contribution in [-0.4, -0.2) is 27.7 Å². The van der Waals surface area contributed by atoms with Crippen LogP contribution in [0.2, 0.25) is 0 Å². The maximum Gasteiger partial charge on any atom is 0.123 e. The maximum absolute atomic E-state index is 13.6. The molecule has 2 atom stereocenters. The summed E-state index contributed by atoms with van der Waals surface area (Å²) in [6, 6.07) is 16.3. The van der Waals surface area contributed by atoms with Crippen LogP contribution in [0.25, 0.3) is 0 Å². The third-order valence-electron chi connectivity index (χ3n) is 6.04. The van der Waals surface area contributed by atoms with Gasteiger partial charge in [-0.25, -0.2) is 4.39 Å².